The number of hydrogen-bond acceptors (Lipinski definition) is 4. The van der Waals surface area contributed by atoms with Crippen LogP contribution in [0.5, 0.6) is 0 Å². The molecular weight excluding hydrogens is 430 g/mol. The standard InChI is InChI=1S/C21H18F2N2O3S2/c1-13-16(21(26)25-9-7-20-14(12-25)8-10-29-20)3-2-4-19(13)24-30(27,28)15-5-6-17(22)18(23)11-15/h2-6,8,10-11,24H,7,9,12H2,1H3. The van der Waals surface area contributed by atoms with Crippen LogP contribution in [0.15, 0.2) is 52.7 Å². The van der Waals surface area contributed by atoms with Crippen molar-refractivity contribution in [2.24, 2.45) is 0 Å². The van der Waals surface area contributed by atoms with E-state index in [1.54, 1.807) is 35.3 Å². The molecule has 2 aromatic carbocycles. The minimum absolute atomic E-state index is 0.182. The molecule has 5 nitrogen and oxygen atoms in total. The third-order valence-electron chi connectivity index (χ3n) is 5.10. The average Bonchev–Trinajstić information content (AvgIpc) is 3.18. The van der Waals surface area contributed by atoms with Crippen molar-refractivity contribution in [2.75, 3.05) is 11.3 Å². The van der Waals surface area contributed by atoms with E-state index in [1.165, 1.54) is 10.9 Å². The summed E-state index contributed by atoms with van der Waals surface area (Å²) in [4.78, 5) is 15.7. The molecule has 0 radical (unpaired) electrons. The van der Waals surface area contributed by atoms with E-state index >= 15 is 0 Å². The number of rotatable bonds is 4. The van der Waals surface area contributed by atoms with E-state index in [0.717, 1.165) is 24.1 Å². The van der Waals surface area contributed by atoms with Crippen molar-refractivity contribution in [2.45, 2.75) is 24.8 Å². The first-order chi connectivity index (χ1) is 14.3. The van der Waals surface area contributed by atoms with E-state index in [0.29, 0.717) is 30.3 Å². The second-order valence-corrected chi connectivity index (χ2v) is 9.69. The summed E-state index contributed by atoms with van der Waals surface area (Å²) in [6, 6.07) is 9.13. The molecule has 0 bridgehead atoms. The lowest BCUT2D eigenvalue weighted by Crippen LogP contribution is -2.35. The number of amides is 1. The van der Waals surface area contributed by atoms with Crippen LogP contribution in [-0.4, -0.2) is 25.8 Å². The molecule has 0 aliphatic carbocycles. The fraction of sp³-hybridized carbons (Fsp3) is 0.190. The molecule has 156 valence electrons. The fourth-order valence-corrected chi connectivity index (χ4v) is 5.44. The molecule has 0 unspecified atom stereocenters. The topological polar surface area (TPSA) is 66.5 Å². The zero-order chi connectivity index (χ0) is 21.5. The van der Waals surface area contributed by atoms with Gasteiger partial charge in [0, 0.05) is 23.5 Å². The molecule has 1 aromatic heterocycles. The lowest BCUT2D eigenvalue weighted by molar-refractivity contribution is 0.0735. The van der Waals surface area contributed by atoms with Crippen LogP contribution < -0.4 is 4.72 Å². The second-order valence-electron chi connectivity index (χ2n) is 7.01. The summed E-state index contributed by atoms with van der Waals surface area (Å²) < 4.78 is 54.2. The predicted octanol–water partition coefficient (Wildman–Crippen LogP) is 4.33. The number of thiophene rings is 1. The third-order valence-corrected chi connectivity index (χ3v) is 7.49. The number of carbonyl (C=O) groups is 1. The van der Waals surface area contributed by atoms with Crippen molar-refractivity contribution < 1.29 is 22.0 Å². The monoisotopic (exact) mass is 448 g/mol. The van der Waals surface area contributed by atoms with Gasteiger partial charge >= 0.3 is 0 Å². The zero-order valence-corrected chi connectivity index (χ0v) is 17.6. The Morgan fingerprint density at radius 3 is 2.70 bits per heavy atom. The molecule has 0 saturated carbocycles. The van der Waals surface area contributed by atoms with Crippen molar-refractivity contribution >= 4 is 33.0 Å². The molecule has 1 aliphatic heterocycles. The van der Waals surface area contributed by atoms with E-state index in [2.05, 4.69) is 4.72 Å². The van der Waals surface area contributed by atoms with E-state index in [1.807, 2.05) is 11.4 Å². The van der Waals surface area contributed by atoms with Crippen molar-refractivity contribution in [3.05, 3.63) is 81.0 Å². The van der Waals surface area contributed by atoms with E-state index in [-0.39, 0.29) is 11.6 Å². The van der Waals surface area contributed by atoms with Crippen LogP contribution in [0.25, 0.3) is 0 Å². The van der Waals surface area contributed by atoms with Crippen LogP contribution in [0.4, 0.5) is 14.5 Å². The summed E-state index contributed by atoms with van der Waals surface area (Å²) in [5, 5.41) is 2.01. The first-order valence-electron chi connectivity index (χ1n) is 9.18. The summed E-state index contributed by atoms with van der Waals surface area (Å²) in [5.41, 5.74) is 2.19. The van der Waals surface area contributed by atoms with Gasteiger partial charge in [-0.3, -0.25) is 9.52 Å². The maximum Gasteiger partial charge on any atom is 0.262 e. The lowest BCUT2D eigenvalue weighted by Gasteiger charge is -2.28. The highest BCUT2D eigenvalue weighted by atomic mass is 32.2. The Hall–Kier alpha value is -2.78. The van der Waals surface area contributed by atoms with Gasteiger partial charge in [0.15, 0.2) is 11.6 Å². The third kappa shape index (κ3) is 3.82. The molecule has 1 aliphatic rings. The number of nitrogens with zero attached hydrogens (tertiary/aromatic N) is 1. The average molecular weight is 449 g/mol. The van der Waals surface area contributed by atoms with Crippen LogP contribution in [0, 0.1) is 18.6 Å². The van der Waals surface area contributed by atoms with E-state index in [9.17, 15) is 22.0 Å². The molecule has 0 saturated heterocycles. The van der Waals surface area contributed by atoms with Gasteiger partial charge < -0.3 is 4.90 Å². The molecule has 0 spiro atoms. The number of halogens is 2. The van der Waals surface area contributed by atoms with E-state index < -0.39 is 26.6 Å². The van der Waals surface area contributed by atoms with E-state index in [4.69, 9.17) is 0 Å². The molecule has 1 amide bonds. The smallest absolute Gasteiger partial charge is 0.262 e. The maximum absolute atomic E-state index is 13.5. The Morgan fingerprint density at radius 2 is 1.93 bits per heavy atom. The highest BCUT2D eigenvalue weighted by Gasteiger charge is 2.25. The fourth-order valence-electron chi connectivity index (χ4n) is 3.42. The maximum atomic E-state index is 13.5. The van der Waals surface area contributed by atoms with Gasteiger partial charge in [0.1, 0.15) is 0 Å². The second kappa shape index (κ2) is 7.81. The first-order valence-corrected chi connectivity index (χ1v) is 11.5. The number of carbonyl (C=O) groups excluding carboxylic acids is 1. The van der Waals surface area contributed by atoms with Crippen LogP contribution in [0.2, 0.25) is 0 Å². The van der Waals surface area contributed by atoms with Crippen LogP contribution >= 0.6 is 11.3 Å². The summed E-state index contributed by atoms with van der Waals surface area (Å²) in [6.45, 7) is 2.76. The molecule has 0 atom stereocenters. The summed E-state index contributed by atoms with van der Waals surface area (Å²) in [6.07, 6.45) is 0.792. The largest absolute Gasteiger partial charge is 0.334 e. The Labute approximate surface area is 177 Å². The number of sulfonamides is 1. The number of anilines is 1. The van der Waals surface area contributed by atoms with Crippen LogP contribution in [0.1, 0.15) is 26.4 Å². The van der Waals surface area contributed by atoms with Crippen LogP contribution in [-0.2, 0) is 23.0 Å². The number of hydrogen-bond donors (Lipinski definition) is 1. The van der Waals surface area contributed by atoms with Crippen molar-refractivity contribution in [1.29, 1.82) is 0 Å². The number of fused-ring (bicyclic) bond motifs is 1. The van der Waals surface area contributed by atoms with Gasteiger partial charge in [-0.1, -0.05) is 6.07 Å². The molecule has 9 heteroatoms. The first kappa shape index (κ1) is 20.5. The molecule has 4 rings (SSSR count). The summed E-state index contributed by atoms with van der Waals surface area (Å²) in [5.74, 6) is -2.57. The van der Waals surface area contributed by atoms with Gasteiger partial charge in [-0.05, 0) is 66.2 Å². The highest BCUT2D eigenvalue weighted by molar-refractivity contribution is 7.92. The van der Waals surface area contributed by atoms with Crippen molar-refractivity contribution in [3.8, 4) is 0 Å². The molecule has 3 aromatic rings. The quantitative estimate of drug-likeness (QED) is 0.646. The van der Waals surface area contributed by atoms with Gasteiger partial charge in [0.2, 0.25) is 0 Å². The predicted molar refractivity (Wildman–Crippen MR) is 111 cm³/mol. The number of benzene rings is 2. The normalized spacial score (nSPS) is 13.8. The Bertz CT molecular complexity index is 1240. The van der Waals surface area contributed by atoms with Gasteiger partial charge in [-0.25, -0.2) is 17.2 Å². The van der Waals surface area contributed by atoms with Gasteiger partial charge in [0.05, 0.1) is 10.6 Å². The van der Waals surface area contributed by atoms with Crippen molar-refractivity contribution in [3.63, 3.8) is 0 Å². The van der Waals surface area contributed by atoms with Crippen molar-refractivity contribution in [1.82, 2.24) is 4.90 Å². The van der Waals surface area contributed by atoms with Gasteiger partial charge in [0.25, 0.3) is 15.9 Å². The molecule has 1 N–H and O–H groups in total. The summed E-state index contributed by atoms with van der Waals surface area (Å²) >= 11 is 1.68. The molecule has 0 fully saturated rings. The lowest BCUT2D eigenvalue weighted by atomic mass is 10.0. The number of nitrogens with one attached hydrogen (secondary N) is 1. The Kier molecular flexibility index (Phi) is 5.33. The van der Waals surface area contributed by atoms with Crippen LogP contribution in [0.3, 0.4) is 0 Å². The highest BCUT2D eigenvalue weighted by Crippen LogP contribution is 2.28. The SMILES string of the molecule is Cc1c(NS(=O)(=O)c2ccc(F)c(F)c2)cccc1C(=O)N1CCc2sccc2C1. The summed E-state index contributed by atoms with van der Waals surface area (Å²) in [7, 11) is -4.16. The molecule has 2 heterocycles. The minimum atomic E-state index is -4.16. The Morgan fingerprint density at radius 1 is 1.13 bits per heavy atom. The molecule has 30 heavy (non-hydrogen) atoms. The Balaban J connectivity index is 1.60. The minimum Gasteiger partial charge on any atom is -0.334 e. The molecular formula is C21H18F2N2O3S2. The van der Waals surface area contributed by atoms with Gasteiger partial charge in [-0.15, -0.1) is 11.3 Å². The van der Waals surface area contributed by atoms with Gasteiger partial charge in [-0.2, -0.15) is 0 Å². The zero-order valence-electron chi connectivity index (χ0n) is 16.0.